The highest BCUT2D eigenvalue weighted by molar-refractivity contribution is 5.93. The summed E-state index contributed by atoms with van der Waals surface area (Å²) in [7, 11) is 0. The van der Waals surface area contributed by atoms with Crippen LogP contribution in [0.4, 0.5) is 0 Å². The van der Waals surface area contributed by atoms with Crippen molar-refractivity contribution in [3.63, 3.8) is 0 Å². The van der Waals surface area contributed by atoms with Gasteiger partial charge in [0, 0.05) is 11.4 Å². The second-order valence-electron chi connectivity index (χ2n) is 2.27. The van der Waals surface area contributed by atoms with E-state index in [-0.39, 0.29) is 5.76 Å². The highest BCUT2D eigenvalue weighted by Gasteiger charge is 1.85. The Morgan fingerprint density at radius 1 is 1.40 bits per heavy atom. The first kappa shape index (κ1) is 8.95. The van der Waals surface area contributed by atoms with E-state index in [0.29, 0.717) is 0 Å². The first-order chi connectivity index (χ1) is 4.52. The molecule has 0 amide bonds. The van der Waals surface area contributed by atoms with Crippen molar-refractivity contribution in [3.05, 3.63) is 24.1 Å². The summed E-state index contributed by atoms with van der Waals surface area (Å²) in [6.07, 6.45) is 1.59. The van der Waals surface area contributed by atoms with Crippen molar-refractivity contribution in [2.45, 2.75) is 20.8 Å². The molecule has 0 aliphatic rings. The van der Waals surface area contributed by atoms with E-state index in [0.717, 1.165) is 11.4 Å². The molecule has 0 aromatic carbocycles. The fraction of sp³-hybridized carbons (Fsp3) is 0.375. The average Bonchev–Trinajstić information content (AvgIpc) is 1.58. The standard InChI is InChI=1S/C8H13NO/c1-6(2)9-7(3)5-8(4)10/h5,10H,1H2,2-4H3/b8-5+,9-7-. The van der Waals surface area contributed by atoms with Crippen molar-refractivity contribution < 1.29 is 5.11 Å². The molecule has 0 atom stereocenters. The lowest BCUT2D eigenvalue weighted by molar-refractivity contribution is 0.415. The summed E-state index contributed by atoms with van der Waals surface area (Å²) in [5.74, 6) is 0.266. The monoisotopic (exact) mass is 139 g/mol. The summed E-state index contributed by atoms with van der Waals surface area (Å²) in [5, 5.41) is 8.79. The van der Waals surface area contributed by atoms with Crippen LogP contribution in [0.3, 0.4) is 0 Å². The van der Waals surface area contributed by atoms with Crippen LogP contribution in [0.15, 0.2) is 29.1 Å². The van der Waals surface area contributed by atoms with E-state index < -0.39 is 0 Å². The Hall–Kier alpha value is -1.05. The Kier molecular flexibility index (Phi) is 3.47. The Morgan fingerprint density at radius 3 is 2.20 bits per heavy atom. The summed E-state index contributed by atoms with van der Waals surface area (Å²) in [4.78, 5) is 4.00. The second-order valence-corrected chi connectivity index (χ2v) is 2.27. The lowest BCUT2D eigenvalue weighted by Crippen LogP contribution is -1.86. The molecule has 0 aliphatic carbocycles. The summed E-state index contributed by atoms with van der Waals surface area (Å²) in [5.41, 5.74) is 1.52. The van der Waals surface area contributed by atoms with Crippen LogP contribution in [0.25, 0.3) is 0 Å². The molecular formula is C8H13NO. The Balaban J connectivity index is 4.22. The number of hydrogen-bond donors (Lipinski definition) is 1. The van der Waals surface area contributed by atoms with Gasteiger partial charge in [-0.15, -0.1) is 0 Å². The van der Waals surface area contributed by atoms with Gasteiger partial charge < -0.3 is 5.11 Å². The van der Waals surface area contributed by atoms with Crippen molar-refractivity contribution in [1.29, 1.82) is 0 Å². The van der Waals surface area contributed by atoms with Gasteiger partial charge in [0.25, 0.3) is 0 Å². The van der Waals surface area contributed by atoms with Gasteiger partial charge in [0.1, 0.15) is 0 Å². The second kappa shape index (κ2) is 3.88. The minimum absolute atomic E-state index is 0.266. The summed E-state index contributed by atoms with van der Waals surface area (Å²) < 4.78 is 0. The SMILES string of the molecule is C=C(C)/N=C(C)\C=C(/C)O. The molecule has 0 spiro atoms. The van der Waals surface area contributed by atoms with E-state index in [1.807, 2.05) is 13.8 Å². The topological polar surface area (TPSA) is 32.6 Å². The largest absolute Gasteiger partial charge is 0.513 e. The minimum Gasteiger partial charge on any atom is -0.513 e. The normalized spacial score (nSPS) is 13.5. The minimum atomic E-state index is 0.266. The fourth-order valence-corrected chi connectivity index (χ4v) is 0.636. The molecule has 2 nitrogen and oxygen atoms in total. The van der Waals surface area contributed by atoms with Crippen LogP contribution >= 0.6 is 0 Å². The first-order valence-corrected chi connectivity index (χ1v) is 3.10. The molecule has 0 aliphatic heterocycles. The van der Waals surface area contributed by atoms with Crippen molar-refractivity contribution in [2.75, 3.05) is 0 Å². The van der Waals surface area contributed by atoms with Gasteiger partial charge in [-0.2, -0.15) is 0 Å². The molecule has 0 saturated heterocycles. The van der Waals surface area contributed by atoms with Gasteiger partial charge in [-0.25, -0.2) is 0 Å². The molecule has 0 aromatic heterocycles. The van der Waals surface area contributed by atoms with Crippen LogP contribution in [0.5, 0.6) is 0 Å². The van der Waals surface area contributed by atoms with E-state index >= 15 is 0 Å². The molecule has 56 valence electrons. The van der Waals surface area contributed by atoms with E-state index in [1.54, 1.807) is 13.0 Å². The molecule has 0 aromatic rings. The fourth-order valence-electron chi connectivity index (χ4n) is 0.636. The van der Waals surface area contributed by atoms with Gasteiger partial charge in [-0.1, -0.05) is 6.58 Å². The third kappa shape index (κ3) is 5.09. The maximum atomic E-state index is 8.79. The third-order valence-electron chi connectivity index (χ3n) is 0.785. The van der Waals surface area contributed by atoms with Gasteiger partial charge in [0.2, 0.25) is 0 Å². The quantitative estimate of drug-likeness (QED) is 0.462. The molecular weight excluding hydrogens is 126 g/mol. The first-order valence-electron chi connectivity index (χ1n) is 3.10. The van der Waals surface area contributed by atoms with Crippen LogP contribution in [0.2, 0.25) is 0 Å². The smallest absolute Gasteiger partial charge is 0.0909 e. The predicted octanol–water partition coefficient (Wildman–Crippen LogP) is 2.44. The number of nitrogens with zero attached hydrogens (tertiary/aromatic N) is 1. The van der Waals surface area contributed by atoms with Crippen molar-refractivity contribution in [1.82, 2.24) is 0 Å². The molecule has 0 bridgehead atoms. The third-order valence-corrected chi connectivity index (χ3v) is 0.785. The maximum Gasteiger partial charge on any atom is 0.0909 e. The zero-order valence-electron chi connectivity index (χ0n) is 6.68. The van der Waals surface area contributed by atoms with E-state index in [1.165, 1.54) is 0 Å². The molecule has 0 heterocycles. The van der Waals surface area contributed by atoms with Crippen LogP contribution in [-0.2, 0) is 0 Å². The highest BCUT2D eigenvalue weighted by atomic mass is 16.3. The zero-order chi connectivity index (χ0) is 8.15. The van der Waals surface area contributed by atoms with Gasteiger partial charge in [-0.05, 0) is 26.8 Å². The number of rotatable bonds is 2. The summed E-state index contributed by atoms with van der Waals surface area (Å²) in [6.45, 7) is 8.84. The lowest BCUT2D eigenvalue weighted by Gasteiger charge is -1.91. The number of allylic oxidation sites excluding steroid dienone is 3. The van der Waals surface area contributed by atoms with Gasteiger partial charge in [0.15, 0.2) is 0 Å². The molecule has 0 radical (unpaired) electrons. The lowest BCUT2D eigenvalue weighted by atomic mass is 10.3. The maximum absolute atomic E-state index is 8.79. The number of aliphatic hydroxyl groups excluding tert-OH is 1. The average molecular weight is 139 g/mol. The number of aliphatic imine (C=N–C) groups is 1. The van der Waals surface area contributed by atoms with Gasteiger partial charge in [-0.3, -0.25) is 4.99 Å². The molecule has 1 N–H and O–H groups in total. The van der Waals surface area contributed by atoms with E-state index in [2.05, 4.69) is 11.6 Å². The van der Waals surface area contributed by atoms with Gasteiger partial charge >= 0.3 is 0 Å². The van der Waals surface area contributed by atoms with Gasteiger partial charge in [0.05, 0.1) is 5.76 Å². The van der Waals surface area contributed by atoms with Crippen LogP contribution in [0, 0.1) is 0 Å². The van der Waals surface area contributed by atoms with Crippen molar-refractivity contribution in [2.24, 2.45) is 4.99 Å². The highest BCUT2D eigenvalue weighted by Crippen LogP contribution is 1.93. The molecule has 2 heteroatoms. The predicted molar refractivity (Wildman–Crippen MR) is 44.3 cm³/mol. The molecule has 0 rings (SSSR count). The summed E-state index contributed by atoms with van der Waals surface area (Å²) >= 11 is 0. The number of hydrogen-bond acceptors (Lipinski definition) is 2. The molecule has 0 saturated carbocycles. The Morgan fingerprint density at radius 2 is 1.90 bits per heavy atom. The van der Waals surface area contributed by atoms with Crippen molar-refractivity contribution in [3.8, 4) is 0 Å². The van der Waals surface area contributed by atoms with Crippen LogP contribution < -0.4 is 0 Å². The molecule has 10 heavy (non-hydrogen) atoms. The van der Waals surface area contributed by atoms with Crippen LogP contribution in [0.1, 0.15) is 20.8 Å². The zero-order valence-corrected chi connectivity index (χ0v) is 6.68. The number of aliphatic hydroxyl groups is 1. The van der Waals surface area contributed by atoms with Crippen LogP contribution in [-0.4, -0.2) is 10.8 Å². The molecule has 0 unspecified atom stereocenters. The van der Waals surface area contributed by atoms with Crippen molar-refractivity contribution >= 4 is 5.71 Å². The van der Waals surface area contributed by atoms with E-state index in [4.69, 9.17) is 5.11 Å². The molecule has 0 fully saturated rings. The van der Waals surface area contributed by atoms with E-state index in [9.17, 15) is 0 Å². The Bertz CT molecular complexity index is 185. The Labute approximate surface area is 61.6 Å². The summed E-state index contributed by atoms with van der Waals surface area (Å²) in [6, 6.07) is 0.